The number of likely N-dealkylation sites (N-methyl/N-ethyl adjacent to an activating group) is 1. The third kappa shape index (κ3) is 3.47. The van der Waals surface area contributed by atoms with Crippen LogP contribution in [0.5, 0.6) is 5.75 Å². The van der Waals surface area contributed by atoms with Gasteiger partial charge >= 0.3 is 0 Å². The van der Waals surface area contributed by atoms with E-state index in [0.29, 0.717) is 6.04 Å². The van der Waals surface area contributed by atoms with Gasteiger partial charge in [-0.2, -0.15) is 0 Å². The molecule has 1 saturated carbocycles. The zero-order valence-corrected chi connectivity index (χ0v) is 11.8. The van der Waals surface area contributed by atoms with E-state index >= 15 is 0 Å². The Balaban J connectivity index is 1.93. The molecular formula is C15H22N2O2. The van der Waals surface area contributed by atoms with E-state index in [2.05, 4.69) is 0 Å². The molecule has 19 heavy (non-hydrogen) atoms. The Bertz CT molecular complexity index is 467. The molecule has 0 bridgehead atoms. The van der Waals surface area contributed by atoms with Crippen molar-refractivity contribution in [2.45, 2.75) is 38.8 Å². The number of carbonyl (C=O) groups is 1. The Hall–Kier alpha value is -1.55. The zero-order valence-electron chi connectivity index (χ0n) is 11.8. The molecule has 2 rings (SSSR count). The summed E-state index contributed by atoms with van der Waals surface area (Å²) < 4.78 is 5.60. The summed E-state index contributed by atoms with van der Waals surface area (Å²) in [5.41, 5.74) is 7.92. The molecule has 0 aromatic heterocycles. The quantitative estimate of drug-likeness (QED) is 0.883. The number of amides is 1. The summed E-state index contributed by atoms with van der Waals surface area (Å²) in [7, 11) is 1.84. The first-order valence-electron chi connectivity index (χ1n) is 6.73. The van der Waals surface area contributed by atoms with E-state index in [1.54, 1.807) is 4.90 Å². The first-order chi connectivity index (χ1) is 8.99. The van der Waals surface area contributed by atoms with Crippen LogP contribution in [0.4, 0.5) is 0 Å². The number of hydrogen-bond donors (Lipinski definition) is 1. The van der Waals surface area contributed by atoms with E-state index in [-0.39, 0.29) is 18.6 Å². The lowest BCUT2D eigenvalue weighted by molar-refractivity contribution is -0.132. The lowest BCUT2D eigenvalue weighted by Crippen LogP contribution is -2.33. The maximum atomic E-state index is 11.9. The number of rotatable bonds is 5. The largest absolute Gasteiger partial charge is 0.484 e. The highest BCUT2D eigenvalue weighted by atomic mass is 16.5. The Labute approximate surface area is 114 Å². The summed E-state index contributed by atoms with van der Waals surface area (Å²) in [6.07, 6.45) is 2.23. The van der Waals surface area contributed by atoms with Crippen LogP contribution in [-0.2, 0) is 4.79 Å². The van der Waals surface area contributed by atoms with Gasteiger partial charge in [-0.1, -0.05) is 12.1 Å². The second-order valence-electron chi connectivity index (χ2n) is 5.34. The fourth-order valence-electron chi connectivity index (χ4n) is 2.02. The highest BCUT2D eigenvalue weighted by Gasteiger charge is 2.29. The van der Waals surface area contributed by atoms with Gasteiger partial charge in [0.2, 0.25) is 0 Å². The van der Waals surface area contributed by atoms with Crippen molar-refractivity contribution in [1.29, 1.82) is 0 Å². The molecule has 2 N–H and O–H groups in total. The smallest absolute Gasteiger partial charge is 0.260 e. The second-order valence-corrected chi connectivity index (χ2v) is 5.34. The van der Waals surface area contributed by atoms with Gasteiger partial charge in [0.25, 0.3) is 5.91 Å². The number of nitrogens with two attached hydrogens (primary N) is 1. The molecule has 4 nitrogen and oxygen atoms in total. The lowest BCUT2D eigenvalue weighted by Gasteiger charge is -2.17. The number of benzene rings is 1. The number of aryl methyl sites for hydroxylation is 1. The van der Waals surface area contributed by atoms with Crippen LogP contribution in [0, 0.1) is 6.92 Å². The third-order valence-electron chi connectivity index (χ3n) is 3.56. The van der Waals surface area contributed by atoms with Gasteiger partial charge in [-0.15, -0.1) is 0 Å². The molecule has 1 aliphatic rings. The van der Waals surface area contributed by atoms with Gasteiger partial charge in [-0.25, -0.2) is 0 Å². The average molecular weight is 262 g/mol. The van der Waals surface area contributed by atoms with Gasteiger partial charge in [0.05, 0.1) is 0 Å². The van der Waals surface area contributed by atoms with Gasteiger partial charge in [0.1, 0.15) is 5.75 Å². The summed E-state index contributed by atoms with van der Waals surface area (Å²) in [6, 6.07) is 6.28. The molecule has 1 aromatic rings. The summed E-state index contributed by atoms with van der Waals surface area (Å²) >= 11 is 0. The molecule has 0 radical (unpaired) electrons. The van der Waals surface area contributed by atoms with Crippen LogP contribution in [0.1, 0.15) is 36.9 Å². The van der Waals surface area contributed by atoms with Crippen LogP contribution in [0.25, 0.3) is 0 Å². The first-order valence-corrected chi connectivity index (χ1v) is 6.73. The van der Waals surface area contributed by atoms with Gasteiger partial charge < -0.3 is 15.4 Å². The van der Waals surface area contributed by atoms with E-state index in [1.807, 2.05) is 39.1 Å². The van der Waals surface area contributed by atoms with Crippen molar-refractivity contribution < 1.29 is 9.53 Å². The minimum atomic E-state index is 0.00961. The molecular weight excluding hydrogens is 240 g/mol. The minimum Gasteiger partial charge on any atom is -0.484 e. The SMILES string of the molecule is Cc1cc([C@H](C)N)ccc1OCC(=O)N(C)C1CC1. The highest BCUT2D eigenvalue weighted by Crippen LogP contribution is 2.26. The molecule has 4 heteroatoms. The molecule has 1 atom stereocenters. The maximum Gasteiger partial charge on any atom is 0.260 e. The summed E-state index contributed by atoms with van der Waals surface area (Å²) in [4.78, 5) is 13.6. The maximum absolute atomic E-state index is 11.9. The summed E-state index contributed by atoms with van der Waals surface area (Å²) in [5.74, 6) is 0.792. The van der Waals surface area contributed by atoms with Crippen LogP contribution in [0.3, 0.4) is 0 Å². The second kappa shape index (κ2) is 5.61. The van der Waals surface area contributed by atoms with Crippen LogP contribution >= 0.6 is 0 Å². The summed E-state index contributed by atoms with van der Waals surface area (Å²) in [5, 5.41) is 0. The van der Waals surface area contributed by atoms with Gasteiger partial charge in [0.15, 0.2) is 6.61 Å². The Kier molecular flexibility index (Phi) is 4.10. The number of nitrogens with zero attached hydrogens (tertiary/aromatic N) is 1. The molecule has 1 aromatic carbocycles. The van der Waals surface area contributed by atoms with E-state index < -0.39 is 0 Å². The van der Waals surface area contributed by atoms with Gasteiger partial charge in [0, 0.05) is 19.1 Å². The van der Waals surface area contributed by atoms with E-state index in [0.717, 1.165) is 29.7 Å². The molecule has 0 heterocycles. The lowest BCUT2D eigenvalue weighted by atomic mass is 10.1. The Morgan fingerprint density at radius 3 is 2.74 bits per heavy atom. The van der Waals surface area contributed by atoms with Crippen molar-refractivity contribution in [1.82, 2.24) is 4.90 Å². The highest BCUT2D eigenvalue weighted by molar-refractivity contribution is 5.78. The molecule has 1 amide bonds. The van der Waals surface area contributed by atoms with Crippen molar-refractivity contribution >= 4 is 5.91 Å². The van der Waals surface area contributed by atoms with E-state index in [9.17, 15) is 4.79 Å². The number of ether oxygens (including phenoxy) is 1. The molecule has 104 valence electrons. The molecule has 0 saturated heterocycles. The van der Waals surface area contributed by atoms with Gasteiger partial charge in [-0.3, -0.25) is 4.79 Å². The number of carbonyl (C=O) groups excluding carboxylic acids is 1. The predicted molar refractivity (Wildman–Crippen MR) is 75.1 cm³/mol. The third-order valence-corrected chi connectivity index (χ3v) is 3.56. The van der Waals surface area contributed by atoms with Crippen LogP contribution in [0.15, 0.2) is 18.2 Å². The average Bonchev–Trinajstić information content (AvgIpc) is 3.20. The topological polar surface area (TPSA) is 55.6 Å². The molecule has 1 aliphatic carbocycles. The van der Waals surface area contributed by atoms with Crippen molar-refractivity contribution in [3.05, 3.63) is 29.3 Å². The van der Waals surface area contributed by atoms with E-state index in [4.69, 9.17) is 10.5 Å². The van der Waals surface area contributed by atoms with Crippen molar-refractivity contribution in [2.75, 3.05) is 13.7 Å². The molecule has 0 spiro atoms. The normalized spacial score (nSPS) is 16.0. The van der Waals surface area contributed by atoms with E-state index in [1.165, 1.54) is 0 Å². The minimum absolute atomic E-state index is 0.00961. The summed E-state index contributed by atoms with van der Waals surface area (Å²) in [6.45, 7) is 4.02. The monoisotopic (exact) mass is 262 g/mol. The first kappa shape index (κ1) is 13.9. The Morgan fingerprint density at radius 2 is 2.21 bits per heavy atom. The standard InChI is InChI=1S/C15H22N2O2/c1-10-8-12(11(2)16)4-7-14(10)19-9-15(18)17(3)13-5-6-13/h4,7-8,11,13H,5-6,9,16H2,1-3H3/t11-/m0/s1. The number of hydrogen-bond acceptors (Lipinski definition) is 3. The fraction of sp³-hybridized carbons (Fsp3) is 0.533. The molecule has 0 aliphatic heterocycles. The van der Waals surface area contributed by atoms with Crippen molar-refractivity contribution in [3.63, 3.8) is 0 Å². The van der Waals surface area contributed by atoms with Gasteiger partial charge in [-0.05, 0) is 43.9 Å². The van der Waals surface area contributed by atoms with Crippen molar-refractivity contribution in [3.8, 4) is 5.75 Å². The zero-order chi connectivity index (χ0) is 14.0. The van der Waals surface area contributed by atoms with Crippen LogP contribution in [-0.4, -0.2) is 30.5 Å². The Morgan fingerprint density at radius 1 is 1.53 bits per heavy atom. The van der Waals surface area contributed by atoms with Crippen molar-refractivity contribution in [2.24, 2.45) is 5.73 Å². The molecule has 1 fully saturated rings. The fourth-order valence-corrected chi connectivity index (χ4v) is 2.02. The molecule has 0 unspecified atom stereocenters. The predicted octanol–water partition coefficient (Wildman–Crippen LogP) is 2.01. The van der Waals surface area contributed by atoms with Crippen LogP contribution < -0.4 is 10.5 Å². The van der Waals surface area contributed by atoms with Crippen LogP contribution in [0.2, 0.25) is 0 Å².